The Hall–Kier alpha value is -3.17. The van der Waals surface area contributed by atoms with Gasteiger partial charge in [0.2, 0.25) is 5.91 Å². The number of ether oxygens (including phenoxy) is 2. The van der Waals surface area contributed by atoms with Crippen LogP contribution in [0, 0.1) is 10.1 Å². The van der Waals surface area contributed by atoms with Crippen molar-refractivity contribution in [1.82, 2.24) is 10.6 Å². The van der Waals surface area contributed by atoms with Gasteiger partial charge in [-0.3, -0.25) is 14.9 Å². The number of benzene rings is 1. The largest absolute Gasteiger partial charge is 0.467 e. The first-order valence-electron chi connectivity index (χ1n) is 10.4. The number of methoxy groups -OCH3 is 1. The normalized spacial score (nSPS) is 12.4. The summed E-state index contributed by atoms with van der Waals surface area (Å²) in [5.74, 6) is -1.15. The number of carbonyl (C=O) groups excluding carboxylic acids is 3. The fraction of sp³-hybridized carbons (Fsp3) is 0.591. The van der Waals surface area contributed by atoms with E-state index in [0.29, 0.717) is 19.4 Å². The second-order valence-electron chi connectivity index (χ2n) is 8.87. The van der Waals surface area contributed by atoms with Gasteiger partial charge < -0.3 is 20.1 Å². The van der Waals surface area contributed by atoms with Gasteiger partial charge in [-0.2, -0.15) is 0 Å². The van der Waals surface area contributed by atoms with E-state index in [1.54, 1.807) is 40.7 Å². The van der Waals surface area contributed by atoms with Crippen molar-refractivity contribution >= 4 is 23.7 Å². The van der Waals surface area contributed by atoms with E-state index in [1.165, 1.54) is 25.3 Å². The lowest BCUT2D eigenvalue weighted by Gasteiger charge is -2.26. The zero-order chi connectivity index (χ0) is 24.5. The van der Waals surface area contributed by atoms with Crippen LogP contribution in [0.4, 0.5) is 10.5 Å². The first-order valence-corrected chi connectivity index (χ1v) is 10.4. The number of esters is 1. The van der Waals surface area contributed by atoms with Crippen molar-refractivity contribution in [3.8, 4) is 0 Å². The van der Waals surface area contributed by atoms with Crippen LogP contribution in [0.15, 0.2) is 24.3 Å². The Morgan fingerprint density at radius 3 is 2.28 bits per heavy atom. The number of nitrogens with one attached hydrogen (secondary N) is 2. The topological polar surface area (TPSA) is 137 Å². The predicted molar refractivity (Wildman–Crippen MR) is 118 cm³/mol. The first kappa shape index (κ1) is 26.9. The molecule has 2 amide bonds. The van der Waals surface area contributed by atoms with Gasteiger partial charge in [0.05, 0.1) is 17.4 Å². The van der Waals surface area contributed by atoms with Gasteiger partial charge in [0.1, 0.15) is 11.6 Å². The lowest BCUT2D eigenvalue weighted by atomic mass is 9.82. The fourth-order valence-electron chi connectivity index (χ4n) is 2.99. The van der Waals surface area contributed by atoms with E-state index < -0.39 is 40.0 Å². The van der Waals surface area contributed by atoms with Crippen LogP contribution >= 0.6 is 0 Å². The van der Waals surface area contributed by atoms with E-state index >= 15 is 0 Å². The minimum Gasteiger partial charge on any atom is -0.467 e. The molecule has 0 aliphatic rings. The van der Waals surface area contributed by atoms with Gasteiger partial charge in [0.25, 0.3) is 5.69 Å². The van der Waals surface area contributed by atoms with E-state index in [2.05, 4.69) is 10.6 Å². The van der Waals surface area contributed by atoms with Crippen LogP contribution in [-0.4, -0.2) is 48.2 Å². The number of rotatable bonds is 10. The van der Waals surface area contributed by atoms with Crippen LogP contribution in [0.2, 0.25) is 0 Å². The maximum absolute atomic E-state index is 13.0. The number of alkyl carbamates (subject to hydrolysis) is 1. The summed E-state index contributed by atoms with van der Waals surface area (Å²) in [5, 5.41) is 16.6. The smallest absolute Gasteiger partial charge is 0.407 e. The Morgan fingerprint density at radius 1 is 1.09 bits per heavy atom. The highest BCUT2D eigenvalue weighted by atomic mass is 16.6. The second-order valence-corrected chi connectivity index (χ2v) is 8.87. The van der Waals surface area contributed by atoms with Gasteiger partial charge in [-0.1, -0.05) is 18.2 Å². The highest BCUT2D eigenvalue weighted by Gasteiger charge is 2.37. The molecular formula is C22H33N3O7. The molecule has 0 saturated carbocycles. The molecule has 32 heavy (non-hydrogen) atoms. The number of hydrogen-bond acceptors (Lipinski definition) is 7. The third-order valence-corrected chi connectivity index (χ3v) is 4.72. The van der Waals surface area contributed by atoms with E-state index in [9.17, 15) is 24.5 Å². The van der Waals surface area contributed by atoms with Crippen molar-refractivity contribution in [1.29, 1.82) is 0 Å². The Kier molecular flexibility index (Phi) is 9.61. The maximum Gasteiger partial charge on any atom is 0.407 e. The van der Waals surface area contributed by atoms with Gasteiger partial charge in [-0.25, -0.2) is 9.59 Å². The molecule has 1 rings (SSSR count). The van der Waals surface area contributed by atoms with E-state index in [4.69, 9.17) is 9.47 Å². The van der Waals surface area contributed by atoms with Crippen LogP contribution < -0.4 is 10.6 Å². The molecule has 0 radical (unpaired) electrons. The third kappa shape index (κ3) is 8.16. The van der Waals surface area contributed by atoms with Gasteiger partial charge in [-0.15, -0.1) is 0 Å². The monoisotopic (exact) mass is 451 g/mol. The Bertz CT molecular complexity index is 831. The van der Waals surface area contributed by atoms with Crippen LogP contribution in [0.1, 0.15) is 59.4 Å². The molecule has 0 fully saturated rings. The van der Waals surface area contributed by atoms with Crippen LogP contribution in [-0.2, 0) is 24.5 Å². The molecule has 1 aromatic rings. The summed E-state index contributed by atoms with van der Waals surface area (Å²) in [6, 6.07) is 5.08. The molecular weight excluding hydrogens is 418 g/mol. The molecule has 0 heterocycles. The number of nitro groups is 1. The summed E-state index contributed by atoms with van der Waals surface area (Å²) >= 11 is 0. The summed E-state index contributed by atoms with van der Waals surface area (Å²) in [6.45, 7) is 8.76. The molecule has 0 saturated heterocycles. The highest BCUT2D eigenvalue weighted by molar-refractivity contribution is 5.92. The third-order valence-electron chi connectivity index (χ3n) is 4.72. The summed E-state index contributed by atoms with van der Waals surface area (Å²) in [7, 11) is 1.22. The second kappa shape index (κ2) is 11.4. The molecule has 1 atom stereocenters. The Balaban J connectivity index is 2.73. The summed E-state index contributed by atoms with van der Waals surface area (Å²) in [5.41, 5.74) is -1.78. The minimum absolute atomic E-state index is 0.171. The molecule has 0 bridgehead atoms. The lowest BCUT2D eigenvalue weighted by Crippen LogP contribution is -2.48. The lowest BCUT2D eigenvalue weighted by molar-refractivity contribution is -0.385. The number of nitrogens with zero attached hydrogens (tertiary/aromatic N) is 1. The SMILES string of the molecule is COC(=O)[C@H](CCCCNC(=O)OC(C)(C)C)NC(=O)C(C)(C)c1ccccc1[N+](=O)[O-]. The molecule has 1 aromatic carbocycles. The molecule has 0 unspecified atom stereocenters. The van der Waals surface area contributed by atoms with Gasteiger partial charge in [0, 0.05) is 18.2 Å². The van der Waals surface area contributed by atoms with Crippen molar-refractivity contribution in [3.05, 3.63) is 39.9 Å². The van der Waals surface area contributed by atoms with Crippen molar-refractivity contribution in [2.24, 2.45) is 0 Å². The number of hydrogen-bond donors (Lipinski definition) is 2. The molecule has 2 N–H and O–H groups in total. The number of amides is 2. The van der Waals surface area contributed by atoms with Crippen LogP contribution in [0.3, 0.4) is 0 Å². The zero-order valence-electron chi connectivity index (χ0n) is 19.5. The molecule has 0 spiro atoms. The van der Waals surface area contributed by atoms with Gasteiger partial charge >= 0.3 is 12.1 Å². The molecule has 0 aliphatic heterocycles. The van der Waals surface area contributed by atoms with Crippen molar-refractivity contribution in [2.75, 3.05) is 13.7 Å². The van der Waals surface area contributed by atoms with Gasteiger partial charge in [-0.05, 0) is 53.9 Å². The molecule has 10 heteroatoms. The summed E-state index contributed by atoms with van der Waals surface area (Å²) in [4.78, 5) is 47.6. The van der Waals surface area contributed by atoms with E-state index in [1.807, 2.05) is 0 Å². The van der Waals surface area contributed by atoms with Gasteiger partial charge in [0.15, 0.2) is 0 Å². The minimum atomic E-state index is -1.26. The zero-order valence-corrected chi connectivity index (χ0v) is 19.5. The fourth-order valence-corrected chi connectivity index (χ4v) is 2.99. The quantitative estimate of drug-likeness (QED) is 0.241. The number of unbranched alkanes of at least 4 members (excludes halogenated alkanes) is 1. The average Bonchev–Trinajstić information content (AvgIpc) is 2.70. The van der Waals surface area contributed by atoms with Crippen LogP contribution in [0.25, 0.3) is 0 Å². The highest BCUT2D eigenvalue weighted by Crippen LogP contribution is 2.31. The van der Waals surface area contributed by atoms with Crippen molar-refractivity contribution in [3.63, 3.8) is 0 Å². The molecule has 178 valence electrons. The summed E-state index contributed by atoms with van der Waals surface area (Å²) < 4.78 is 9.94. The molecule has 10 nitrogen and oxygen atoms in total. The molecule has 0 aromatic heterocycles. The van der Waals surface area contributed by atoms with Crippen LogP contribution in [0.5, 0.6) is 0 Å². The number of carbonyl (C=O) groups is 3. The number of nitro benzene ring substituents is 1. The Morgan fingerprint density at radius 2 is 1.72 bits per heavy atom. The number of para-hydroxylation sites is 1. The maximum atomic E-state index is 13.0. The summed E-state index contributed by atoms with van der Waals surface area (Å²) in [6.07, 6.45) is 0.820. The predicted octanol–water partition coefficient (Wildman–Crippen LogP) is 3.23. The van der Waals surface area contributed by atoms with Crippen molar-refractivity contribution < 1.29 is 28.8 Å². The average molecular weight is 452 g/mol. The van der Waals surface area contributed by atoms with E-state index in [-0.39, 0.29) is 17.7 Å². The first-order chi connectivity index (χ1) is 14.8. The van der Waals surface area contributed by atoms with Crippen molar-refractivity contribution in [2.45, 2.75) is 70.9 Å². The standard InChI is InChI=1S/C22H33N3O7/c1-21(2,3)32-20(28)23-14-10-9-12-16(18(26)31-6)24-19(27)22(4,5)15-11-7-8-13-17(15)25(29)30/h7-8,11,13,16H,9-10,12,14H2,1-6H3,(H,23,28)(H,24,27)/t16-/m0/s1. The van der Waals surface area contributed by atoms with E-state index in [0.717, 1.165) is 0 Å². The Labute approximate surface area is 188 Å². The molecule has 0 aliphatic carbocycles.